The van der Waals surface area contributed by atoms with Gasteiger partial charge in [-0.2, -0.15) is 26.9 Å². The molecule has 12 nitrogen and oxygen atoms in total. The summed E-state index contributed by atoms with van der Waals surface area (Å²) in [5.41, 5.74) is 0.547. The van der Waals surface area contributed by atoms with Crippen molar-refractivity contribution in [3.8, 4) is 6.07 Å². The zero-order chi connectivity index (χ0) is 36.3. The highest BCUT2D eigenvalue weighted by Crippen LogP contribution is 2.43. The fourth-order valence-electron chi connectivity index (χ4n) is 5.29. The van der Waals surface area contributed by atoms with E-state index in [4.69, 9.17) is 9.29 Å². The van der Waals surface area contributed by atoms with Crippen LogP contribution in [0.4, 0.5) is 24.8 Å². The SMILES string of the molecule is COC(=O)C1=C(C)N(c2cccc(C(F)(F)F)c2)c2n[nH]c(=O)n2[C@@H]1c1ccc(C#N)cc1CC[N+](C)(C)C.O=S(=O)(O)c1ccccc1. The summed E-state index contributed by atoms with van der Waals surface area (Å²) in [7, 11) is 3.24. The van der Waals surface area contributed by atoms with E-state index in [1.165, 1.54) is 40.8 Å². The highest BCUT2D eigenvalue weighted by molar-refractivity contribution is 7.85. The van der Waals surface area contributed by atoms with Crippen LogP contribution < -0.4 is 10.6 Å². The van der Waals surface area contributed by atoms with Gasteiger partial charge in [0.05, 0.1) is 62.5 Å². The van der Waals surface area contributed by atoms with Crippen molar-refractivity contribution in [2.45, 2.75) is 30.5 Å². The van der Waals surface area contributed by atoms with Crippen LogP contribution in [0.2, 0.25) is 0 Å². The quantitative estimate of drug-likeness (QED) is 0.157. The maximum Gasteiger partial charge on any atom is 0.416 e. The van der Waals surface area contributed by atoms with E-state index in [9.17, 15) is 36.4 Å². The first-order chi connectivity index (χ1) is 22.9. The molecule has 0 fully saturated rings. The number of fused-ring (bicyclic) bond motifs is 1. The molecule has 0 bridgehead atoms. The lowest BCUT2D eigenvalue weighted by molar-refractivity contribution is -0.870. The van der Waals surface area contributed by atoms with Crippen LogP contribution in [0, 0.1) is 11.3 Å². The molecule has 1 aliphatic rings. The van der Waals surface area contributed by atoms with Gasteiger partial charge in [-0.25, -0.2) is 19.3 Å². The molecule has 0 spiro atoms. The molecule has 1 atom stereocenters. The smallest absolute Gasteiger partial charge is 0.416 e. The van der Waals surface area contributed by atoms with Crippen LogP contribution >= 0.6 is 0 Å². The number of nitrogens with zero attached hydrogens (tertiary/aromatic N) is 5. The van der Waals surface area contributed by atoms with Gasteiger partial charge in [-0.3, -0.25) is 9.45 Å². The summed E-state index contributed by atoms with van der Waals surface area (Å²) in [6, 6.07) is 18.1. The Hall–Kier alpha value is -5.24. The van der Waals surface area contributed by atoms with E-state index < -0.39 is 39.6 Å². The second-order valence-electron chi connectivity index (χ2n) is 12.1. The van der Waals surface area contributed by atoms with Crippen molar-refractivity contribution in [2.75, 3.05) is 39.7 Å². The summed E-state index contributed by atoms with van der Waals surface area (Å²) in [5, 5.41) is 16.0. The molecule has 1 aliphatic heterocycles. The Bertz CT molecular complexity index is 2100. The number of likely N-dealkylation sites (N-methyl/N-ethyl adjacent to an activating group) is 1. The molecule has 3 aromatic carbocycles. The number of hydrogen-bond acceptors (Lipinski definition) is 8. The number of halogens is 3. The molecule has 16 heteroatoms. The number of anilines is 2. The zero-order valence-corrected chi connectivity index (χ0v) is 28.0. The topological polar surface area (TPSA) is 158 Å². The Kier molecular flexibility index (Phi) is 10.5. The number of esters is 1. The number of carbonyl (C=O) groups is 1. The molecular weight excluding hydrogens is 665 g/mol. The normalized spacial score (nSPS) is 14.8. The van der Waals surface area contributed by atoms with Crippen molar-refractivity contribution in [2.24, 2.45) is 0 Å². The highest BCUT2D eigenvalue weighted by Gasteiger charge is 2.41. The summed E-state index contributed by atoms with van der Waals surface area (Å²) in [5.74, 6) is -0.744. The number of aromatic nitrogens is 3. The number of hydrogen-bond donors (Lipinski definition) is 2. The monoisotopic (exact) mass is 699 g/mol. The number of methoxy groups -OCH3 is 1. The number of carbonyl (C=O) groups excluding carboxylic acids is 1. The fourth-order valence-corrected chi connectivity index (χ4v) is 5.79. The Morgan fingerprint density at radius 3 is 2.31 bits per heavy atom. The van der Waals surface area contributed by atoms with E-state index in [0.717, 1.165) is 17.7 Å². The minimum absolute atomic E-state index is 0.0105. The van der Waals surface area contributed by atoms with Crippen LogP contribution in [0.1, 0.15) is 35.2 Å². The van der Waals surface area contributed by atoms with Crippen molar-refractivity contribution in [3.05, 3.63) is 117 Å². The fraction of sp³-hybridized carbons (Fsp3) is 0.273. The van der Waals surface area contributed by atoms with Gasteiger partial charge >= 0.3 is 17.8 Å². The molecule has 0 amide bonds. The minimum Gasteiger partial charge on any atom is -0.466 e. The van der Waals surface area contributed by atoms with Crippen molar-refractivity contribution in [1.29, 1.82) is 5.26 Å². The van der Waals surface area contributed by atoms with E-state index in [2.05, 4.69) is 16.3 Å². The average molecular weight is 700 g/mol. The number of nitriles is 1. The molecule has 5 rings (SSSR count). The van der Waals surface area contributed by atoms with Gasteiger partial charge in [0.25, 0.3) is 10.1 Å². The summed E-state index contributed by atoms with van der Waals surface area (Å²) < 4.78 is 76.8. The third kappa shape index (κ3) is 8.26. The van der Waals surface area contributed by atoms with E-state index in [1.54, 1.807) is 43.3 Å². The maximum absolute atomic E-state index is 13.5. The van der Waals surface area contributed by atoms with Gasteiger partial charge in [0.15, 0.2) is 0 Å². The molecule has 0 aliphatic carbocycles. The molecule has 2 heterocycles. The second-order valence-corrected chi connectivity index (χ2v) is 13.5. The lowest BCUT2D eigenvalue weighted by Crippen LogP contribution is -2.39. The second kappa shape index (κ2) is 14.1. The molecule has 2 N–H and O–H groups in total. The van der Waals surface area contributed by atoms with Crippen molar-refractivity contribution >= 4 is 27.7 Å². The molecular formula is C33H34F3N6O6S+. The largest absolute Gasteiger partial charge is 0.466 e. The van der Waals surface area contributed by atoms with Crippen molar-refractivity contribution in [1.82, 2.24) is 14.8 Å². The first-order valence-corrected chi connectivity index (χ1v) is 16.1. The van der Waals surface area contributed by atoms with Crippen LogP contribution in [-0.2, 0) is 32.2 Å². The van der Waals surface area contributed by atoms with Crippen molar-refractivity contribution in [3.63, 3.8) is 0 Å². The van der Waals surface area contributed by atoms with Crippen LogP contribution in [0.5, 0.6) is 0 Å². The predicted molar refractivity (Wildman–Crippen MR) is 173 cm³/mol. The summed E-state index contributed by atoms with van der Waals surface area (Å²) in [6.07, 6.45) is -4.08. The Balaban J connectivity index is 0.000000463. The summed E-state index contributed by atoms with van der Waals surface area (Å²) in [6.45, 7) is 2.26. The van der Waals surface area contributed by atoms with Crippen LogP contribution in [0.15, 0.2) is 93.8 Å². The molecule has 4 aromatic rings. The number of aromatic amines is 1. The lowest BCUT2D eigenvalue weighted by atomic mass is 9.89. The molecule has 0 radical (unpaired) electrons. The third-order valence-corrected chi connectivity index (χ3v) is 8.51. The van der Waals surface area contributed by atoms with Gasteiger partial charge in [-0.15, -0.1) is 5.10 Å². The van der Waals surface area contributed by atoms with E-state index in [1.807, 2.05) is 21.1 Å². The number of H-pyrrole nitrogens is 1. The molecule has 258 valence electrons. The molecule has 0 saturated carbocycles. The van der Waals surface area contributed by atoms with Crippen LogP contribution in [0.3, 0.4) is 0 Å². The Morgan fingerprint density at radius 2 is 1.76 bits per heavy atom. The average Bonchev–Trinajstić information content (AvgIpc) is 3.42. The number of allylic oxidation sites excluding steroid dienone is 1. The van der Waals surface area contributed by atoms with E-state index >= 15 is 0 Å². The number of alkyl halides is 3. The highest BCUT2D eigenvalue weighted by atomic mass is 32.2. The van der Waals surface area contributed by atoms with Gasteiger partial charge in [0, 0.05) is 17.8 Å². The number of rotatable bonds is 7. The van der Waals surface area contributed by atoms with Crippen molar-refractivity contribution < 1.29 is 40.2 Å². The summed E-state index contributed by atoms with van der Waals surface area (Å²) >= 11 is 0. The van der Waals surface area contributed by atoms with Gasteiger partial charge in [0.2, 0.25) is 5.95 Å². The Morgan fingerprint density at radius 1 is 1.08 bits per heavy atom. The first kappa shape index (κ1) is 36.6. The predicted octanol–water partition coefficient (Wildman–Crippen LogP) is 4.83. The number of benzene rings is 3. The first-order valence-electron chi connectivity index (χ1n) is 14.7. The lowest BCUT2D eigenvalue weighted by Gasteiger charge is -2.36. The van der Waals surface area contributed by atoms with E-state index in [0.29, 0.717) is 28.6 Å². The third-order valence-electron chi connectivity index (χ3n) is 7.64. The minimum atomic E-state index is -4.61. The molecule has 0 saturated heterocycles. The zero-order valence-electron chi connectivity index (χ0n) is 27.2. The van der Waals surface area contributed by atoms with Crippen LogP contribution in [0.25, 0.3) is 0 Å². The number of quaternary nitrogens is 1. The maximum atomic E-state index is 13.5. The van der Waals surface area contributed by atoms with Gasteiger partial charge < -0.3 is 9.22 Å². The molecule has 0 unspecified atom stereocenters. The van der Waals surface area contributed by atoms with E-state index in [-0.39, 0.29) is 27.8 Å². The standard InChI is InChI=1S/C27H27F3N6O3.C6H6O3S/c1-16-22(24(37)39-5)23(21-10-9-17(15-31)13-18(21)11-12-36(2,3)4)35-25(32-33-26(35)38)34(16)20-8-6-7-19(14-20)27(28,29)30;7-10(8,9)6-4-2-1-3-5-6/h6-10,13-14,23H,11-12H2,1-5H3;1-5H,(H,7,8,9)/p+1/t23-;/m1./s1. The number of ether oxygens (including phenoxy) is 1. The van der Waals surface area contributed by atoms with Gasteiger partial charge in [-0.1, -0.05) is 30.3 Å². The Labute approximate surface area is 280 Å². The number of nitrogens with one attached hydrogen (secondary N) is 1. The molecule has 1 aromatic heterocycles. The van der Waals surface area contributed by atoms with Crippen LogP contribution in [-0.4, -0.2) is 73.0 Å². The van der Waals surface area contributed by atoms with Gasteiger partial charge in [0.1, 0.15) is 6.04 Å². The van der Waals surface area contributed by atoms with Gasteiger partial charge in [-0.05, 0) is 60.5 Å². The summed E-state index contributed by atoms with van der Waals surface area (Å²) in [4.78, 5) is 27.7. The molecule has 49 heavy (non-hydrogen) atoms.